The van der Waals surface area contributed by atoms with Crippen LogP contribution >= 0.6 is 11.8 Å². The molecule has 1 fully saturated rings. The van der Waals surface area contributed by atoms with Crippen molar-refractivity contribution in [1.82, 2.24) is 30.4 Å². The number of halogens is 1. The fourth-order valence-electron chi connectivity index (χ4n) is 3.03. The molecule has 162 valence electrons. The highest BCUT2D eigenvalue weighted by atomic mass is 32.2. The van der Waals surface area contributed by atoms with E-state index in [2.05, 4.69) is 20.8 Å². The summed E-state index contributed by atoms with van der Waals surface area (Å²) in [5, 5.41) is 13.2. The van der Waals surface area contributed by atoms with Crippen LogP contribution in [0.15, 0.2) is 59.8 Å². The fourth-order valence-corrected chi connectivity index (χ4v) is 3.88. The van der Waals surface area contributed by atoms with Crippen molar-refractivity contribution in [2.75, 3.05) is 13.1 Å². The Balaban J connectivity index is 1.28. The largest absolute Gasteiger partial charge is 0.354 e. The number of rotatable bonds is 7. The first-order valence-corrected chi connectivity index (χ1v) is 10.4. The highest BCUT2D eigenvalue weighted by Crippen LogP contribution is 2.32. The van der Waals surface area contributed by atoms with E-state index in [0.717, 1.165) is 27.9 Å². The number of hydrogen-bond acceptors (Lipinski definition) is 7. The van der Waals surface area contributed by atoms with Gasteiger partial charge >= 0.3 is 0 Å². The van der Waals surface area contributed by atoms with Crippen LogP contribution in [0.1, 0.15) is 11.1 Å². The molecule has 3 amide bonds. The van der Waals surface area contributed by atoms with Gasteiger partial charge in [-0.2, -0.15) is 0 Å². The lowest BCUT2D eigenvalue weighted by molar-refractivity contribution is -0.124. The molecule has 9 nitrogen and oxygen atoms in total. The molecule has 1 aromatic heterocycles. The van der Waals surface area contributed by atoms with Crippen LogP contribution in [-0.4, -0.2) is 55.3 Å². The van der Waals surface area contributed by atoms with Crippen LogP contribution in [0.3, 0.4) is 0 Å². The monoisotopic (exact) mass is 452 g/mol. The van der Waals surface area contributed by atoms with Crippen LogP contribution in [0.5, 0.6) is 0 Å². The fraction of sp³-hybridized carbons (Fsp3) is 0.143. The standard InChI is InChI=1S/C21H17FN6O3S/c22-17-4-2-1-3-15(17)12-18-20(30)27(21(31)32-18)10-9-23-19(29)11-14-5-7-16(8-6-14)28-13-24-25-26-28/h1-8,12-13H,9-11H2,(H,23,29). The van der Waals surface area contributed by atoms with E-state index in [1.807, 2.05) is 0 Å². The lowest BCUT2D eigenvalue weighted by Crippen LogP contribution is -2.37. The molecular weight excluding hydrogens is 435 g/mol. The van der Waals surface area contributed by atoms with Crippen LogP contribution in [0, 0.1) is 5.82 Å². The second kappa shape index (κ2) is 9.52. The molecule has 4 rings (SSSR count). The Morgan fingerprint density at radius 2 is 1.91 bits per heavy atom. The molecule has 0 saturated carbocycles. The number of hydrogen-bond donors (Lipinski definition) is 1. The summed E-state index contributed by atoms with van der Waals surface area (Å²) in [6.45, 7) is 0.149. The van der Waals surface area contributed by atoms with Gasteiger partial charge in [-0.3, -0.25) is 19.3 Å². The molecule has 11 heteroatoms. The number of thioether (sulfide) groups is 1. The van der Waals surface area contributed by atoms with Gasteiger partial charge in [-0.1, -0.05) is 30.3 Å². The van der Waals surface area contributed by atoms with Crippen molar-refractivity contribution in [3.05, 3.63) is 76.7 Å². The normalized spacial score (nSPS) is 14.9. The Morgan fingerprint density at radius 3 is 2.62 bits per heavy atom. The van der Waals surface area contributed by atoms with E-state index in [1.165, 1.54) is 29.2 Å². The van der Waals surface area contributed by atoms with Crippen LogP contribution < -0.4 is 5.32 Å². The Hall–Kier alpha value is -3.86. The number of benzene rings is 2. The van der Waals surface area contributed by atoms with Crippen LogP contribution in [0.4, 0.5) is 9.18 Å². The number of tetrazole rings is 1. The molecule has 0 aliphatic carbocycles. The minimum absolute atomic E-state index is 0.0310. The first-order chi connectivity index (χ1) is 15.5. The summed E-state index contributed by atoms with van der Waals surface area (Å²) in [5.74, 6) is -1.22. The molecule has 32 heavy (non-hydrogen) atoms. The number of carbonyl (C=O) groups is 3. The number of amides is 3. The van der Waals surface area contributed by atoms with Gasteiger partial charge < -0.3 is 5.32 Å². The van der Waals surface area contributed by atoms with E-state index in [1.54, 1.807) is 36.4 Å². The SMILES string of the molecule is O=C(Cc1ccc(-n2cnnn2)cc1)NCCN1C(=O)SC(=Cc2ccccc2F)C1=O. The van der Waals surface area contributed by atoms with Crippen LogP contribution in [0.2, 0.25) is 0 Å². The minimum Gasteiger partial charge on any atom is -0.354 e. The molecule has 3 aromatic rings. The average molecular weight is 452 g/mol. The zero-order chi connectivity index (χ0) is 22.5. The van der Waals surface area contributed by atoms with E-state index in [9.17, 15) is 18.8 Å². The van der Waals surface area contributed by atoms with E-state index in [0.29, 0.717) is 0 Å². The quantitative estimate of drug-likeness (QED) is 0.547. The summed E-state index contributed by atoms with van der Waals surface area (Å²) < 4.78 is 15.3. The third kappa shape index (κ3) is 4.89. The van der Waals surface area contributed by atoms with Gasteiger partial charge in [-0.15, -0.1) is 5.10 Å². The third-order valence-corrected chi connectivity index (χ3v) is 5.54. The van der Waals surface area contributed by atoms with Crippen molar-refractivity contribution in [3.63, 3.8) is 0 Å². The summed E-state index contributed by atoms with van der Waals surface area (Å²) in [6.07, 6.45) is 2.97. The van der Waals surface area contributed by atoms with Crippen LogP contribution in [0.25, 0.3) is 11.8 Å². The predicted molar refractivity (Wildman–Crippen MR) is 115 cm³/mol. The number of aromatic nitrogens is 4. The minimum atomic E-state index is -0.504. The molecule has 1 N–H and O–H groups in total. The number of carbonyl (C=O) groups excluding carboxylic acids is 3. The Morgan fingerprint density at radius 1 is 1.12 bits per heavy atom. The van der Waals surface area contributed by atoms with Gasteiger partial charge in [0.05, 0.1) is 17.0 Å². The maximum Gasteiger partial charge on any atom is 0.293 e. The van der Waals surface area contributed by atoms with Crippen molar-refractivity contribution < 1.29 is 18.8 Å². The molecule has 2 heterocycles. The summed E-state index contributed by atoms with van der Waals surface area (Å²) in [7, 11) is 0. The highest BCUT2D eigenvalue weighted by Gasteiger charge is 2.34. The first-order valence-electron chi connectivity index (χ1n) is 9.60. The zero-order valence-electron chi connectivity index (χ0n) is 16.6. The maximum absolute atomic E-state index is 13.8. The topological polar surface area (TPSA) is 110 Å². The molecule has 0 bridgehead atoms. The predicted octanol–water partition coefficient (Wildman–Crippen LogP) is 2.20. The van der Waals surface area contributed by atoms with E-state index in [-0.39, 0.29) is 35.9 Å². The molecular formula is C21H17FN6O3S. The molecule has 0 radical (unpaired) electrons. The van der Waals surface area contributed by atoms with Gasteiger partial charge in [-0.25, -0.2) is 9.07 Å². The second-order valence-corrected chi connectivity index (χ2v) is 7.80. The molecule has 1 aliphatic heterocycles. The molecule has 0 unspecified atom stereocenters. The van der Waals surface area contributed by atoms with E-state index >= 15 is 0 Å². The zero-order valence-corrected chi connectivity index (χ0v) is 17.5. The number of imide groups is 1. The van der Waals surface area contributed by atoms with Crippen molar-refractivity contribution in [3.8, 4) is 5.69 Å². The Labute approximate surface area is 186 Å². The summed E-state index contributed by atoms with van der Waals surface area (Å²) in [6, 6.07) is 13.2. The Kier molecular flexibility index (Phi) is 6.36. The van der Waals surface area contributed by atoms with Crippen molar-refractivity contribution in [2.45, 2.75) is 6.42 Å². The smallest absolute Gasteiger partial charge is 0.293 e. The number of nitrogens with one attached hydrogen (secondary N) is 1. The van der Waals surface area contributed by atoms with E-state index < -0.39 is 17.0 Å². The lowest BCUT2D eigenvalue weighted by Gasteiger charge is -2.13. The van der Waals surface area contributed by atoms with Gasteiger partial charge in [0.1, 0.15) is 12.1 Å². The number of nitrogens with zero attached hydrogens (tertiary/aromatic N) is 5. The van der Waals surface area contributed by atoms with Crippen LogP contribution in [-0.2, 0) is 16.0 Å². The van der Waals surface area contributed by atoms with Crippen molar-refractivity contribution >= 4 is 34.9 Å². The highest BCUT2D eigenvalue weighted by molar-refractivity contribution is 8.18. The van der Waals surface area contributed by atoms with Crippen molar-refractivity contribution in [1.29, 1.82) is 0 Å². The summed E-state index contributed by atoms with van der Waals surface area (Å²) in [4.78, 5) is 38.1. The molecule has 2 aromatic carbocycles. The van der Waals surface area contributed by atoms with Crippen molar-refractivity contribution in [2.24, 2.45) is 0 Å². The van der Waals surface area contributed by atoms with Gasteiger partial charge in [0.15, 0.2) is 0 Å². The average Bonchev–Trinajstić information content (AvgIpc) is 3.40. The molecule has 0 spiro atoms. The molecule has 0 atom stereocenters. The van der Waals surface area contributed by atoms with E-state index in [4.69, 9.17) is 0 Å². The van der Waals surface area contributed by atoms with Gasteiger partial charge in [0, 0.05) is 18.7 Å². The third-order valence-electron chi connectivity index (χ3n) is 4.64. The summed E-state index contributed by atoms with van der Waals surface area (Å²) in [5.41, 5.74) is 1.79. The molecule has 1 aliphatic rings. The molecule has 1 saturated heterocycles. The maximum atomic E-state index is 13.8. The summed E-state index contributed by atoms with van der Waals surface area (Å²) >= 11 is 0.750. The lowest BCUT2D eigenvalue weighted by atomic mass is 10.1. The Bertz CT molecular complexity index is 1180. The first kappa shape index (κ1) is 21.4. The second-order valence-electron chi connectivity index (χ2n) is 6.80. The van der Waals surface area contributed by atoms with Gasteiger partial charge in [-0.05, 0) is 52.0 Å². The van der Waals surface area contributed by atoms with Gasteiger partial charge in [0.2, 0.25) is 5.91 Å². The van der Waals surface area contributed by atoms with Gasteiger partial charge in [0.25, 0.3) is 11.1 Å².